The van der Waals surface area contributed by atoms with Gasteiger partial charge in [0.1, 0.15) is 0 Å². The van der Waals surface area contributed by atoms with Crippen molar-refractivity contribution in [2.45, 2.75) is 18.5 Å². The molecule has 0 radical (unpaired) electrons. The Morgan fingerprint density at radius 1 is 1.65 bits per heavy atom. The van der Waals surface area contributed by atoms with Crippen LogP contribution in [0, 0.1) is 0 Å². The van der Waals surface area contributed by atoms with Crippen LogP contribution in [0.4, 0.5) is 0 Å². The molecule has 0 aliphatic carbocycles. The zero-order chi connectivity index (χ0) is 14.4. The molecule has 1 fully saturated rings. The maximum atomic E-state index is 12.0. The third kappa shape index (κ3) is 4.56. The van der Waals surface area contributed by atoms with Crippen molar-refractivity contribution in [2.24, 2.45) is 0 Å². The summed E-state index contributed by atoms with van der Waals surface area (Å²) < 4.78 is 5.36. The van der Waals surface area contributed by atoms with E-state index in [1.165, 1.54) is 5.56 Å². The lowest BCUT2D eigenvalue weighted by Crippen LogP contribution is -2.45. The minimum atomic E-state index is 0.0788. The largest absolute Gasteiger partial charge is 0.378 e. The summed E-state index contributed by atoms with van der Waals surface area (Å²) in [7, 11) is 4.07. The zero-order valence-electron chi connectivity index (χ0n) is 12.1. The lowest BCUT2D eigenvalue weighted by atomic mass is 10.1. The van der Waals surface area contributed by atoms with E-state index in [4.69, 9.17) is 4.74 Å². The summed E-state index contributed by atoms with van der Waals surface area (Å²) in [6.45, 7) is 2.82. The quantitative estimate of drug-likeness (QED) is 0.817. The van der Waals surface area contributed by atoms with Gasteiger partial charge in [-0.3, -0.25) is 4.79 Å². The van der Waals surface area contributed by atoms with Crippen LogP contribution in [0.5, 0.6) is 0 Å². The number of nitrogens with zero attached hydrogens (tertiary/aromatic N) is 1. The fourth-order valence-corrected chi connectivity index (χ4v) is 3.03. The molecule has 2 unspecified atom stereocenters. The Bertz CT molecular complexity index is 403. The van der Waals surface area contributed by atoms with Crippen molar-refractivity contribution >= 4 is 17.2 Å². The molecule has 2 heterocycles. The highest BCUT2D eigenvalue weighted by molar-refractivity contribution is 7.07. The van der Waals surface area contributed by atoms with Gasteiger partial charge in [0.15, 0.2) is 0 Å². The second-order valence-electron chi connectivity index (χ2n) is 5.27. The summed E-state index contributed by atoms with van der Waals surface area (Å²) in [6.07, 6.45) is 0.476. The molecule has 112 valence electrons. The van der Waals surface area contributed by atoms with Gasteiger partial charge in [0.2, 0.25) is 5.91 Å². The van der Waals surface area contributed by atoms with Gasteiger partial charge in [0.25, 0.3) is 0 Å². The second kappa shape index (κ2) is 7.73. The van der Waals surface area contributed by atoms with Crippen molar-refractivity contribution in [3.05, 3.63) is 22.4 Å². The molecule has 2 N–H and O–H groups in total. The Balaban J connectivity index is 1.78. The van der Waals surface area contributed by atoms with Crippen LogP contribution in [0.15, 0.2) is 16.8 Å². The highest BCUT2D eigenvalue weighted by Crippen LogP contribution is 2.19. The predicted octanol–water partition coefficient (Wildman–Crippen LogP) is 0.846. The molecule has 0 saturated carbocycles. The Morgan fingerprint density at radius 3 is 3.10 bits per heavy atom. The highest BCUT2D eigenvalue weighted by atomic mass is 32.1. The molecule has 2 atom stereocenters. The number of carbonyl (C=O) groups excluding carboxylic acids is 1. The van der Waals surface area contributed by atoms with Gasteiger partial charge in [-0.15, -0.1) is 0 Å². The smallest absolute Gasteiger partial charge is 0.221 e. The maximum Gasteiger partial charge on any atom is 0.221 e. The minimum Gasteiger partial charge on any atom is -0.378 e. The van der Waals surface area contributed by atoms with E-state index >= 15 is 0 Å². The molecule has 1 aromatic rings. The van der Waals surface area contributed by atoms with Gasteiger partial charge in [-0.1, -0.05) is 0 Å². The molecule has 0 aromatic carbocycles. The number of nitrogens with one attached hydrogen (secondary N) is 2. The molecule has 1 saturated heterocycles. The second-order valence-corrected chi connectivity index (χ2v) is 6.05. The van der Waals surface area contributed by atoms with E-state index in [1.54, 1.807) is 11.3 Å². The average molecular weight is 297 g/mol. The van der Waals surface area contributed by atoms with E-state index < -0.39 is 0 Å². The molecule has 1 amide bonds. The van der Waals surface area contributed by atoms with Crippen LogP contribution in [0.2, 0.25) is 0 Å². The normalized spacial score (nSPS) is 20.9. The van der Waals surface area contributed by atoms with Gasteiger partial charge in [0.05, 0.1) is 19.3 Å². The van der Waals surface area contributed by atoms with Gasteiger partial charge < -0.3 is 20.3 Å². The van der Waals surface area contributed by atoms with Crippen LogP contribution in [0.25, 0.3) is 0 Å². The molecule has 1 aliphatic heterocycles. The number of carbonyl (C=O) groups is 1. The molecule has 5 nitrogen and oxygen atoms in total. The van der Waals surface area contributed by atoms with Crippen LogP contribution in [-0.2, 0) is 9.53 Å². The number of likely N-dealkylation sites (N-methyl/N-ethyl adjacent to an activating group) is 1. The SMILES string of the molecule is CN(C)C(CNC(=O)CC1COCCN1)c1ccsc1. The highest BCUT2D eigenvalue weighted by Gasteiger charge is 2.19. The van der Waals surface area contributed by atoms with Crippen LogP contribution in [-0.4, -0.2) is 57.2 Å². The van der Waals surface area contributed by atoms with Crippen LogP contribution < -0.4 is 10.6 Å². The van der Waals surface area contributed by atoms with E-state index in [9.17, 15) is 4.79 Å². The first-order chi connectivity index (χ1) is 9.66. The monoisotopic (exact) mass is 297 g/mol. The number of thiophene rings is 1. The Hall–Kier alpha value is -0.950. The van der Waals surface area contributed by atoms with E-state index in [0.717, 1.165) is 13.2 Å². The van der Waals surface area contributed by atoms with Crippen molar-refractivity contribution < 1.29 is 9.53 Å². The molecular weight excluding hydrogens is 274 g/mol. The first kappa shape index (κ1) is 15.4. The molecular formula is C14H23N3O2S. The number of hydrogen-bond donors (Lipinski definition) is 2. The predicted molar refractivity (Wildman–Crippen MR) is 81.0 cm³/mol. The van der Waals surface area contributed by atoms with E-state index in [2.05, 4.69) is 32.4 Å². The average Bonchev–Trinajstić information content (AvgIpc) is 2.93. The number of ether oxygens (including phenoxy) is 1. The molecule has 0 spiro atoms. The third-order valence-electron chi connectivity index (χ3n) is 3.47. The lowest BCUT2D eigenvalue weighted by molar-refractivity contribution is -0.122. The zero-order valence-corrected chi connectivity index (χ0v) is 12.9. The van der Waals surface area contributed by atoms with E-state index in [0.29, 0.717) is 19.6 Å². The fourth-order valence-electron chi connectivity index (χ4n) is 2.32. The van der Waals surface area contributed by atoms with Gasteiger partial charge in [-0.2, -0.15) is 11.3 Å². The summed E-state index contributed by atoms with van der Waals surface area (Å²) in [6, 6.07) is 2.47. The summed E-state index contributed by atoms with van der Waals surface area (Å²) >= 11 is 1.68. The van der Waals surface area contributed by atoms with Gasteiger partial charge in [0, 0.05) is 25.6 Å². The van der Waals surface area contributed by atoms with Crippen molar-refractivity contribution in [3.63, 3.8) is 0 Å². The molecule has 1 aromatic heterocycles. The first-order valence-corrected chi connectivity index (χ1v) is 7.87. The standard InChI is InChI=1S/C14H23N3O2S/c1-17(2)13(11-3-6-20-10-11)8-16-14(18)7-12-9-19-5-4-15-12/h3,6,10,12-13,15H,4-5,7-9H2,1-2H3,(H,16,18). The van der Waals surface area contributed by atoms with Crippen LogP contribution in [0.3, 0.4) is 0 Å². The Morgan fingerprint density at radius 2 is 2.50 bits per heavy atom. The molecule has 0 bridgehead atoms. The number of morpholine rings is 1. The van der Waals surface area contributed by atoms with Crippen molar-refractivity contribution in [1.29, 1.82) is 0 Å². The van der Waals surface area contributed by atoms with Crippen molar-refractivity contribution in [1.82, 2.24) is 15.5 Å². The maximum absolute atomic E-state index is 12.0. The Labute approximate surface area is 124 Å². The molecule has 20 heavy (non-hydrogen) atoms. The van der Waals surface area contributed by atoms with Gasteiger partial charge in [-0.25, -0.2) is 0 Å². The summed E-state index contributed by atoms with van der Waals surface area (Å²) in [5, 5.41) is 10.5. The topological polar surface area (TPSA) is 53.6 Å². The van der Waals surface area contributed by atoms with Crippen LogP contribution >= 0.6 is 11.3 Å². The van der Waals surface area contributed by atoms with E-state index in [-0.39, 0.29) is 18.0 Å². The fraction of sp³-hybridized carbons (Fsp3) is 0.643. The summed E-state index contributed by atoms with van der Waals surface area (Å²) in [4.78, 5) is 14.1. The number of amides is 1. The lowest BCUT2D eigenvalue weighted by Gasteiger charge is -2.26. The summed E-state index contributed by atoms with van der Waals surface area (Å²) in [5.41, 5.74) is 1.25. The third-order valence-corrected chi connectivity index (χ3v) is 4.18. The van der Waals surface area contributed by atoms with Gasteiger partial charge >= 0.3 is 0 Å². The summed E-state index contributed by atoms with van der Waals surface area (Å²) in [5.74, 6) is 0.0788. The Kier molecular flexibility index (Phi) is 5.97. The molecule has 2 rings (SSSR count). The molecule has 6 heteroatoms. The minimum absolute atomic E-state index is 0.0788. The van der Waals surface area contributed by atoms with Crippen LogP contribution in [0.1, 0.15) is 18.0 Å². The number of hydrogen-bond acceptors (Lipinski definition) is 5. The van der Waals surface area contributed by atoms with Crippen molar-refractivity contribution in [2.75, 3.05) is 40.4 Å². The molecule has 1 aliphatic rings. The van der Waals surface area contributed by atoms with E-state index in [1.807, 2.05) is 14.1 Å². The number of rotatable bonds is 6. The first-order valence-electron chi connectivity index (χ1n) is 6.93. The van der Waals surface area contributed by atoms with Crippen molar-refractivity contribution in [3.8, 4) is 0 Å². The van der Waals surface area contributed by atoms with Gasteiger partial charge in [-0.05, 0) is 36.5 Å².